The Bertz CT molecular complexity index is 211. The highest BCUT2D eigenvalue weighted by Crippen LogP contribution is 2.23. The van der Waals surface area contributed by atoms with Crippen molar-refractivity contribution in [1.29, 1.82) is 0 Å². The molecule has 0 spiro atoms. The van der Waals surface area contributed by atoms with Crippen molar-refractivity contribution in [2.45, 2.75) is 65.0 Å². The van der Waals surface area contributed by atoms with Crippen LogP contribution in [-0.2, 0) is 0 Å². The van der Waals surface area contributed by atoms with E-state index in [1.54, 1.807) is 0 Å². The van der Waals surface area contributed by atoms with Crippen LogP contribution in [0.15, 0.2) is 0 Å². The van der Waals surface area contributed by atoms with Crippen LogP contribution in [0.25, 0.3) is 0 Å². The normalized spacial score (nSPS) is 24.9. The molecular weight excluding hydrogens is 212 g/mol. The summed E-state index contributed by atoms with van der Waals surface area (Å²) in [6, 6.07) is 0.847. The molecule has 1 rings (SSSR count). The predicted octanol–water partition coefficient (Wildman–Crippen LogP) is 1.99. The minimum atomic E-state index is 0.197. The van der Waals surface area contributed by atoms with Crippen LogP contribution in [0.5, 0.6) is 0 Å². The van der Waals surface area contributed by atoms with E-state index >= 15 is 0 Å². The first kappa shape index (κ1) is 14.9. The van der Waals surface area contributed by atoms with Gasteiger partial charge in [0.15, 0.2) is 0 Å². The van der Waals surface area contributed by atoms with Gasteiger partial charge in [0.2, 0.25) is 0 Å². The molecule has 1 aliphatic heterocycles. The van der Waals surface area contributed by atoms with Crippen LogP contribution in [0.3, 0.4) is 0 Å². The largest absolute Gasteiger partial charge is 0.396 e. The number of hydrogen-bond donors (Lipinski definition) is 2. The van der Waals surface area contributed by atoms with E-state index in [0.29, 0.717) is 12.6 Å². The zero-order valence-corrected chi connectivity index (χ0v) is 11.8. The summed E-state index contributed by atoms with van der Waals surface area (Å²) >= 11 is 0. The first-order chi connectivity index (χ1) is 7.95. The second kappa shape index (κ2) is 6.72. The molecule has 17 heavy (non-hydrogen) atoms. The first-order valence-corrected chi connectivity index (χ1v) is 7.05. The topological polar surface area (TPSA) is 49.5 Å². The monoisotopic (exact) mass is 242 g/mol. The van der Waals surface area contributed by atoms with E-state index in [2.05, 4.69) is 25.7 Å². The van der Waals surface area contributed by atoms with E-state index in [9.17, 15) is 0 Å². The van der Waals surface area contributed by atoms with Gasteiger partial charge in [0.05, 0.1) is 0 Å². The van der Waals surface area contributed by atoms with Gasteiger partial charge in [0.25, 0.3) is 0 Å². The Hall–Kier alpha value is -0.120. The number of aliphatic hydroxyl groups is 1. The Labute approximate surface area is 106 Å². The van der Waals surface area contributed by atoms with Crippen molar-refractivity contribution in [2.24, 2.45) is 11.1 Å². The maximum atomic E-state index is 9.09. The molecule has 1 fully saturated rings. The van der Waals surface area contributed by atoms with Gasteiger partial charge in [-0.05, 0) is 44.2 Å². The average molecular weight is 242 g/mol. The fraction of sp³-hybridized carbons (Fsp3) is 1.00. The minimum Gasteiger partial charge on any atom is -0.396 e. The van der Waals surface area contributed by atoms with Gasteiger partial charge in [-0.1, -0.05) is 27.2 Å². The van der Waals surface area contributed by atoms with E-state index in [4.69, 9.17) is 10.8 Å². The van der Waals surface area contributed by atoms with Crippen LogP contribution in [0, 0.1) is 5.41 Å². The Kier molecular flexibility index (Phi) is 5.90. The molecule has 3 N–H and O–H groups in total. The number of hydrogen-bond acceptors (Lipinski definition) is 3. The van der Waals surface area contributed by atoms with Gasteiger partial charge >= 0.3 is 0 Å². The van der Waals surface area contributed by atoms with Crippen molar-refractivity contribution in [3.63, 3.8) is 0 Å². The SMILES string of the molecule is CC(C)(C)C(N)CCN1CCCCC1CCO. The molecule has 3 heteroatoms. The molecule has 0 aliphatic carbocycles. The standard InChI is InChI=1S/C14H30N2O/c1-14(2,3)13(15)7-10-16-9-5-4-6-12(16)8-11-17/h12-13,17H,4-11,15H2,1-3H3. The van der Waals surface area contributed by atoms with Gasteiger partial charge in [-0.3, -0.25) is 0 Å². The summed E-state index contributed by atoms with van der Waals surface area (Å²) in [6.45, 7) is 9.20. The van der Waals surface area contributed by atoms with Crippen molar-refractivity contribution >= 4 is 0 Å². The second-order valence-corrected chi connectivity index (χ2v) is 6.46. The molecule has 0 aromatic rings. The van der Waals surface area contributed by atoms with Crippen LogP contribution >= 0.6 is 0 Å². The molecule has 0 bridgehead atoms. The number of likely N-dealkylation sites (tertiary alicyclic amines) is 1. The van der Waals surface area contributed by atoms with Crippen LogP contribution in [0.2, 0.25) is 0 Å². The summed E-state index contributed by atoms with van der Waals surface area (Å²) < 4.78 is 0. The molecule has 1 aliphatic rings. The third-order valence-corrected chi connectivity index (χ3v) is 4.05. The molecule has 0 radical (unpaired) electrons. The number of aliphatic hydroxyl groups excluding tert-OH is 1. The van der Waals surface area contributed by atoms with Crippen LogP contribution in [0.1, 0.15) is 52.9 Å². The van der Waals surface area contributed by atoms with Crippen molar-refractivity contribution in [1.82, 2.24) is 4.90 Å². The molecule has 0 aromatic carbocycles. The minimum absolute atomic E-state index is 0.197. The first-order valence-electron chi connectivity index (χ1n) is 7.05. The van der Waals surface area contributed by atoms with Crippen molar-refractivity contribution in [3.05, 3.63) is 0 Å². The van der Waals surface area contributed by atoms with Crippen LogP contribution in [0.4, 0.5) is 0 Å². The maximum absolute atomic E-state index is 9.09. The lowest BCUT2D eigenvalue weighted by molar-refractivity contribution is 0.110. The number of nitrogens with two attached hydrogens (primary N) is 1. The molecule has 102 valence electrons. The van der Waals surface area contributed by atoms with Crippen LogP contribution < -0.4 is 5.73 Å². The van der Waals surface area contributed by atoms with E-state index < -0.39 is 0 Å². The third kappa shape index (κ3) is 4.94. The summed E-state index contributed by atoms with van der Waals surface area (Å²) in [5, 5.41) is 9.09. The molecule has 1 saturated heterocycles. The highest BCUT2D eigenvalue weighted by atomic mass is 16.3. The summed E-state index contributed by atoms with van der Waals surface area (Å²) in [5.74, 6) is 0. The molecule has 2 atom stereocenters. The van der Waals surface area contributed by atoms with Gasteiger partial charge < -0.3 is 15.7 Å². The molecule has 3 nitrogen and oxygen atoms in total. The smallest absolute Gasteiger partial charge is 0.0445 e. The van der Waals surface area contributed by atoms with Crippen molar-refractivity contribution in [2.75, 3.05) is 19.7 Å². The Balaban J connectivity index is 2.37. The predicted molar refractivity (Wildman–Crippen MR) is 73.0 cm³/mol. The van der Waals surface area contributed by atoms with Crippen molar-refractivity contribution < 1.29 is 5.11 Å². The van der Waals surface area contributed by atoms with Gasteiger partial charge in [-0.2, -0.15) is 0 Å². The molecule has 0 saturated carbocycles. The fourth-order valence-corrected chi connectivity index (χ4v) is 2.57. The summed E-state index contributed by atoms with van der Waals surface area (Å²) in [7, 11) is 0. The number of piperidine rings is 1. The molecule has 0 amide bonds. The average Bonchev–Trinajstić information content (AvgIpc) is 2.26. The Morgan fingerprint density at radius 1 is 1.35 bits per heavy atom. The van der Waals surface area contributed by atoms with Gasteiger partial charge in [-0.25, -0.2) is 0 Å². The number of rotatable bonds is 5. The summed E-state index contributed by atoms with van der Waals surface area (Å²) in [4.78, 5) is 2.53. The van der Waals surface area contributed by atoms with Crippen molar-refractivity contribution in [3.8, 4) is 0 Å². The Morgan fingerprint density at radius 2 is 2.06 bits per heavy atom. The lowest BCUT2D eigenvalue weighted by Crippen LogP contribution is -2.44. The van der Waals surface area contributed by atoms with Crippen LogP contribution in [-0.4, -0.2) is 41.8 Å². The van der Waals surface area contributed by atoms with E-state index in [0.717, 1.165) is 19.4 Å². The quantitative estimate of drug-likeness (QED) is 0.775. The molecule has 0 aromatic heterocycles. The third-order valence-electron chi connectivity index (χ3n) is 4.05. The van der Waals surface area contributed by atoms with Gasteiger partial charge in [0, 0.05) is 18.7 Å². The zero-order chi connectivity index (χ0) is 12.9. The van der Waals surface area contributed by atoms with E-state index in [1.165, 1.54) is 25.8 Å². The van der Waals surface area contributed by atoms with Gasteiger partial charge in [-0.15, -0.1) is 0 Å². The van der Waals surface area contributed by atoms with E-state index in [1.807, 2.05) is 0 Å². The van der Waals surface area contributed by atoms with E-state index in [-0.39, 0.29) is 11.5 Å². The zero-order valence-electron chi connectivity index (χ0n) is 11.8. The lowest BCUT2D eigenvalue weighted by atomic mass is 9.85. The summed E-state index contributed by atoms with van der Waals surface area (Å²) in [6.07, 6.45) is 5.83. The number of nitrogens with zero attached hydrogens (tertiary/aromatic N) is 1. The maximum Gasteiger partial charge on any atom is 0.0445 e. The highest BCUT2D eigenvalue weighted by molar-refractivity contribution is 4.81. The molecule has 1 heterocycles. The fourth-order valence-electron chi connectivity index (χ4n) is 2.57. The lowest BCUT2D eigenvalue weighted by Gasteiger charge is -2.37. The summed E-state index contributed by atoms with van der Waals surface area (Å²) in [5.41, 5.74) is 6.41. The second-order valence-electron chi connectivity index (χ2n) is 6.46. The highest BCUT2D eigenvalue weighted by Gasteiger charge is 2.25. The molecule has 2 unspecified atom stereocenters. The Morgan fingerprint density at radius 3 is 2.65 bits per heavy atom. The van der Waals surface area contributed by atoms with Gasteiger partial charge in [0.1, 0.15) is 0 Å². The molecular formula is C14H30N2O.